The molecule has 0 saturated carbocycles. The van der Waals surface area contributed by atoms with Crippen LogP contribution in [0.25, 0.3) is 6.08 Å². The summed E-state index contributed by atoms with van der Waals surface area (Å²) in [7, 11) is 0. The number of imide groups is 1. The van der Waals surface area contributed by atoms with Crippen LogP contribution < -0.4 is 5.32 Å². The van der Waals surface area contributed by atoms with Crippen molar-refractivity contribution in [1.82, 2.24) is 5.32 Å². The van der Waals surface area contributed by atoms with Gasteiger partial charge >= 0.3 is 0 Å². The third kappa shape index (κ3) is 3.76. The summed E-state index contributed by atoms with van der Waals surface area (Å²) in [6.45, 7) is 0. The maximum Gasteiger partial charge on any atom is 0.261 e. The van der Waals surface area contributed by atoms with Crippen molar-refractivity contribution < 1.29 is 19.1 Å². The molecule has 0 spiro atoms. The van der Waals surface area contributed by atoms with E-state index in [1.807, 2.05) is 0 Å². The number of phenolic OH excluding ortho intramolecular Hbond substituents is 1. The molecule has 0 unspecified atom stereocenters. The van der Waals surface area contributed by atoms with Crippen LogP contribution in [0.4, 0.5) is 4.39 Å². The number of aromatic hydroxyl groups is 1. The first kappa shape index (κ1) is 14.5. The Morgan fingerprint density at radius 3 is 2.43 bits per heavy atom. The van der Waals surface area contributed by atoms with Crippen LogP contribution in [0.1, 0.15) is 15.9 Å². The van der Waals surface area contributed by atoms with Gasteiger partial charge in [-0.1, -0.05) is 30.3 Å². The predicted molar refractivity (Wildman–Crippen MR) is 76.0 cm³/mol. The summed E-state index contributed by atoms with van der Waals surface area (Å²) >= 11 is 0. The number of amides is 2. The first-order valence-electron chi connectivity index (χ1n) is 6.14. The van der Waals surface area contributed by atoms with Gasteiger partial charge in [-0.2, -0.15) is 0 Å². The molecule has 0 saturated heterocycles. The smallest absolute Gasteiger partial charge is 0.261 e. The molecular formula is C16H12FNO3. The van der Waals surface area contributed by atoms with Gasteiger partial charge in [0.05, 0.1) is 5.56 Å². The Bertz CT molecular complexity index is 710. The molecule has 2 aromatic rings. The van der Waals surface area contributed by atoms with E-state index in [1.54, 1.807) is 18.2 Å². The first-order chi connectivity index (χ1) is 10.1. The van der Waals surface area contributed by atoms with Crippen molar-refractivity contribution in [3.63, 3.8) is 0 Å². The molecule has 106 valence electrons. The number of carbonyl (C=O) groups excluding carboxylic acids is 2. The monoisotopic (exact) mass is 285 g/mol. The molecule has 0 bridgehead atoms. The highest BCUT2D eigenvalue weighted by molar-refractivity contribution is 6.10. The Balaban J connectivity index is 2.04. The number of nitrogens with one attached hydrogen (secondary N) is 1. The second-order valence-corrected chi connectivity index (χ2v) is 4.19. The van der Waals surface area contributed by atoms with Crippen molar-refractivity contribution in [3.05, 3.63) is 71.6 Å². The molecule has 2 amide bonds. The Morgan fingerprint density at radius 2 is 1.71 bits per heavy atom. The molecule has 0 radical (unpaired) electrons. The summed E-state index contributed by atoms with van der Waals surface area (Å²) in [5.41, 5.74) is 0.229. The zero-order chi connectivity index (χ0) is 15.2. The van der Waals surface area contributed by atoms with E-state index in [9.17, 15) is 19.1 Å². The number of carbonyl (C=O) groups is 2. The fourth-order valence-electron chi connectivity index (χ4n) is 1.66. The molecule has 2 aromatic carbocycles. The van der Waals surface area contributed by atoms with Crippen LogP contribution in [0.5, 0.6) is 5.75 Å². The summed E-state index contributed by atoms with van der Waals surface area (Å²) in [6.07, 6.45) is 2.32. The van der Waals surface area contributed by atoms with Crippen molar-refractivity contribution in [3.8, 4) is 5.75 Å². The van der Waals surface area contributed by atoms with Crippen molar-refractivity contribution in [2.45, 2.75) is 0 Å². The summed E-state index contributed by atoms with van der Waals surface area (Å²) in [6, 6.07) is 11.8. The molecule has 21 heavy (non-hydrogen) atoms. The number of hydrogen-bond donors (Lipinski definition) is 2. The van der Waals surface area contributed by atoms with E-state index in [2.05, 4.69) is 5.32 Å². The summed E-state index contributed by atoms with van der Waals surface area (Å²) in [5, 5.41) is 11.6. The van der Waals surface area contributed by atoms with Gasteiger partial charge in [-0.15, -0.1) is 0 Å². The van der Waals surface area contributed by atoms with Gasteiger partial charge in [-0.25, -0.2) is 4.39 Å². The van der Waals surface area contributed by atoms with Crippen LogP contribution in [-0.2, 0) is 4.79 Å². The Labute approximate surface area is 120 Å². The number of phenols is 1. The zero-order valence-corrected chi connectivity index (χ0v) is 10.9. The van der Waals surface area contributed by atoms with E-state index in [4.69, 9.17) is 0 Å². The van der Waals surface area contributed by atoms with Gasteiger partial charge in [-0.05, 0) is 24.3 Å². The zero-order valence-electron chi connectivity index (χ0n) is 10.9. The molecule has 0 heterocycles. The minimum Gasteiger partial charge on any atom is -0.507 e. The second kappa shape index (κ2) is 6.47. The number of halogens is 1. The molecular weight excluding hydrogens is 273 g/mol. The van der Waals surface area contributed by atoms with Crippen LogP contribution in [-0.4, -0.2) is 16.9 Å². The third-order valence-electron chi connectivity index (χ3n) is 2.70. The van der Waals surface area contributed by atoms with Crippen LogP contribution in [0.3, 0.4) is 0 Å². The SMILES string of the molecule is O=C(C=Cc1ccccc1F)NC(=O)c1ccccc1O. The Hall–Kier alpha value is -2.95. The number of benzene rings is 2. The van der Waals surface area contributed by atoms with Gasteiger partial charge in [0.2, 0.25) is 0 Å². The number of hydrogen-bond acceptors (Lipinski definition) is 3. The van der Waals surface area contributed by atoms with E-state index in [-0.39, 0.29) is 16.9 Å². The highest BCUT2D eigenvalue weighted by atomic mass is 19.1. The lowest BCUT2D eigenvalue weighted by molar-refractivity contribution is -0.115. The maximum absolute atomic E-state index is 13.3. The average molecular weight is 285 g/mol. The number of para-hydroxylation sites is 1. The predicted octanol–water partition coefficient (Wildman–Crippen LogP) is 2.50. The minimum absolute atomic E-state index is 0.00913. The third-order valence-corrected chi connectivity index (χ3v) is 2.70. The molecule has 4 nitrogen and oxygen atoms in total. The van der Waals surface area contributed by atoms with Crippen LogP contribution in [0.15, 0.2) is 54.6 Å². The highest BCUT2D eigenvalue weighted by Gasteiger charge is 2.11. The summed E-state index contributed by atoms with van der Waals surface area (Å²) < 4.78 is 13.3. The molecule has 0 fully saturated rings. The minimum atomic E-state index is -0.726. The molecule has 2 rings (SSSR count). The van der Waals surface area contributed by atoms with Crippen molar-refractivity contribution in [2.24, 2.45) is 0 Å². The molecule has 0 aromatic heterocycles. The standard InChI is InChI=1S/C16H12FNO3/c17-13-7-3-1-5-11(13)9-10-15(20)18-16(21)12-6-2-4-8-14(12)19/h1-10,19H,(H,18,20,21). The van der Waals surface area contributed by atoms with E-state index >= 15 is 0 Å². The molecule has 2 N–H and O–H groups in total. The molecule has 0 aliphatic heterocycles. The lowest BCUT2D eigenvalue weighted by atomic mass is 10.2. The van der Waals surface area contributed by atoms with Gasteiger partial charge in [0.1, 0.15) is 11.6 Å². The van der Waals surface area contributed by atoms with E-state index in [1.165, 1.54) is 36.4 Å². The van der Waals surface area contributed by atoms with E-state index in [0.717, 1.165) is 6.08 Å². The maximum atomic E-state index is 13.3. The van der Waals surface area contributed by atoms with Crippen LogP contribution >= 0.6 is 0 Å². The normalized spacial score (nSPS) is 10.5. The van der Waals surface area contributed by atoms with Crippen LogP contribution in [0, 0.1) is 5.82 Å². The molecule has 0 aliphatic carbocycles. The fourth-order valence-corrected chi connectivity index (χ4v) is 1.66. The fraction of sp³-hybridized carbons (Fsp3) is 0. The van der Waals surface area contributed by atoms with Gasteiger partial charge in [0, 0.05) is 11.6 Å². The van der Waals surface area contributed by atoms with Gasteiger partial charge in [0.25, 0.3) is 11.8 Å². The van der Waals surface area contributed by atoms with E-state index in [0.29, 0.717) is 0 Å². The first-order valence-corrected chi connectivity index (χ1v) is 6.14. The summed E-state index contributed by atoms with van der Waals surface area (Å²) in [4.78, 5) is 23.4. The highest BCUT2D eigenvalue weighted by Crippen LogP contribution is 2.15. The Kier molecular flexibility index (Phi) is 4.46. The number of rotatable bonds is 3. The second-order valence-electron chi connectivity index (χ2n) is 4.19. The van der Waals surface area contributed by atoms with Crippen molar-refractivity contribution in [2.75, 3.05) is 0 Å². The van der Waals surface area contributed by atoms with Crippen molar-refractivity contribution >= 4 is 17.9 Å². The quantitative estimate of drug-likeness (QED) is 0.851. The molecule has 0 atom stereocenters. The Morgan fingerprint density at radius 1 is 1.05 bits per heavy atom. The van der Waals surface area contributed by atoms with Gasteiger partial charge in [-0.3, -0.25) is 14.9 Å². The topological polar surface area (TPSA) is 66.4 Å². The lowest BCUT2D eigenvalue weighted by Crippen LogP contribution is -2.28. The van der Waals surface area contributed by atoms with Gasteiger partial charge < -0.3 is 5.11 Å². The van der Waals surface area contributed by atoms with Crippen LogP contribution in [0.2, 0.25) is 0 Å². The average Bonchev–Trinajstić information content (AvgIpc) is 2.46. The largest absolute Gasteiger partial charge is 0.507 e. The van der Waals surface area contributed by atoms with Crippen molar-refractivity contribution in [1.29, 1.82) is 0 Å². The van der Waals surface area contributed by atoms with E-state index < -0.39 is 17.6 Å². The lowest BCUT2D eigenvalue weighted by Gasteiger charge is -2.03. The van der Waals surface area contributed by atoms with Gasteiger partial charge in [0.15, 0.2) is 0 Å². The molecule has 0 aliphatic rings. The summed E-state index contributed by atoms with van der Waals surface area (Å²) in [5.74, 6) is -2.11. The molecule has 5 heteroatoms.